The zero-order valence-electron chi connectivity index (χ0n) is 33.1. The van der Waals surface area contributed by atoms with Gasteiger partial charge >= 0.3 is 0 Å². The van der Waals surface area contributed by atoms with Crippen LogP contribution in [-0.2, 0) is 5.41 Å². The van der Waals surface area contributed by atoms with Crippen LogP contribution in [-0.4, -0.2) is 0 Å². The van der Waals surface area contributed by atoms with Gasteiger partial charge in [-0.15, -0.1) is 11.3 Å². The molecular formula is C57H41NS. The summed E-state index contributed by atoms with van der Waals surface area (Å²) in [5, 5.41) is 2.65. The Hall–Kier alpha value is -6.74. The Labute approximate surface area is 349 Å². The third-order valence-corrected chi connectivity index (χ3v) is 14.6. The molecule has 0 amide bonds. The van der Waals surface area contributed by atoms with E-state index in [1.54, 1.807) is 0 Å². The molecule has 0 fully saturated rings. The molecule has 1 aromatic heterocycles. The van der Waals surface area contributed by atoms with Crippen LogP contribution < -0.4 is 4.90 Å². The van der Waals surface area contributed by atoms with E-state index in [0.717, 1.165) is 11.4 Å². The van der Waals surface area contributed by atoms with E-state index in [9.17, 15) is 0 Å². The maximum Gasteiger partial charge on any atom is 0.0468 e. The molecule has 12 rings (SSSR count). The molecule has 1 heterocycles. The van der Waals surface area contributed by atoms with Gasteiger partial charge in [-0.1, -0.05) is 178 Å². The second-order valence-electron chi connectivity index (χ2n) is 16.8. The largest absolute Gasteiger partial charge is 0.311 e. The number of allylic oxidation sites excluding steroid dienone is 3. The van der Waals surface area contributed by atoms with E-state index < -0.39 is 0 Å². The molecule has 1 nitrogen and oxygen atoms in total. The first kappa shape index (κ1) is 34.3. The summed E-state index contributed by atoms with van der Waals surface area (Å²) in [6.07, 6.45) is 7.40. The minimum Gasteiger partial charge on any atom is -0.311 e. The number of anilines is 2. The zero-order chi connectivity index (χ0) is 39.2. The molecule has 3 aliphatic carbocycles. The van der Waals surface area contributed by atoms with Crippen molar-refractivity contribution >= 4 is 42.9 Å². The summed E-state index contributed by atoms with van der Waals surface area (Å²) < 4.78 is 2.67. The minimum absolute atomic E-state index is 0.00219. The van der Waals surface area contributed by atoms with Crippen molar-refractivity contribution in [3.05, 3.63) is 217 Å². The highest BCUT2D eigenvalue weighted by Gasteiger charge is 2.45. The van der Waals surface area contributed by atoms with Crippen LogP contribution in [0.3, 0.4) is 0 Å². The first-order chi connectivity index (χ1) is 29.0. The van der Waals surface area contributed by atoms with Gasteiger partial charge in [-0.05, 0) is 115 Å². The van der Waals surface area contributed by atoms with Crippen molar-refractivity contribution in [3.8, 4) is 55.6 Å². The number of hydrogen-bond acceptors (Lipinski definition) is 2. The van der Waals surface area contributed by atoms with Crippen molar-refractivity contribution < 1.29 is 0 Å². The molecule has 8 aromatic carbocycles. The minimum atomic E-state index is -0.00219. The van der Waals surface area contributed by atoms with Crippen LogP contribution in [0.2, 0.25) is 0 Å². The molecule has 0 saturated carbocycles. The first-order valence-corrected chi connectivity index (χ1v) is 21.6. The van der Waals surface area contributed by atoms with Crippen molar-refractivity contribution in [2.45, 2.75) is 25.2 Å². The van der Waals surface area contributed by atoms with Gasteiger partial charge in [0, 0.05) is 43.2 Å². The molecule has 3 aliphatic rings. The van der Waals surface area contributed by atoms with Crippen LogP contribution in [0.15, 0.2) is 206 Å². The van der Waals surface area contributed by atoms with Gasteiger partial charge in [0.25, 0.3) is 0 Å². The maximum absolute atomic E-state index is 2.56. The second-order valence-corrected chi connectivity index (χ2v) is 17.9. The van der Waals surface area contributed by atoms with Gasteiger partial charge in [0.2, 0.25) is 0 Å². The average Bonchev–Trinajstić information content (AvgIpc) is 3.78. The Bertz CT molecular complexity index is 3210. The van der Waals surface area contributed by atoms with E-state index in [4.69, 9.17) is 0 Å². The molecule has 0 saturated heterocycles. The lowest BCUT2D eigenvalue weighted by Gasteiger charge is -2.35. The third kappa shape index (κ3) is 5.23. The third-order valence-electron chi connectivity index (χ3n) is 13.4. The normalized spacial score (nSPS) is 16.8. The number of nitrogens with zero attached hydrogens (tertiary/aromatic N) is 1. The highest BCUT2D eigenvalue weighted by Crippen LogP contribution is 2.55. The summed E-state index contributed by atoms with van der Waals surface area (Å²) in [7, 11) is 0. The Balaban J connectivity index is 1.05. The predicted octanol–water partition coefficient (Wildman–Crippen LogP) is 16.0. The fourth-order valence-corrected chi connectivity index (χ4v) is 11.8. The summed E-state index contributed by atoms with van der Waals surface area (Å²) in [6, 6.07) is 67.8. The van der Waals surface area contributed by atoms with Gasteiger partial charge < -0.3 is 4.90 Å². The SMILES string of the molecule is CC1(C)c2ccccc2C2C=CC(N(c3ccc(-c4cccc5c4sc4ccccc45)cc3)c3ccc4c(c3)-c3ccccc3-c3ccccc3-c3ccccc3-4)=CC21. The highest BCUT2D eigenvalue weighted by atomic mass is 32.1. The van der Waals surface area contributed by atoms with Gasteiger partial charge in [0.1, 0.15) is 0 Å². The van der Waals surface area contributed by atoms with Crippen LogP contribution in [0.5, 0.6) is 0 Å². The first-order valence-electron chi connectivity index (χ1n) is 20.8. The number of rotatable bonds is 4. The van der Waals surface area contributed by atoms with Gasteiger partial charge in [-0.2, -0.15) is 0 Å². The quantitative estimate of drug-likeness (QED) is 0.172. The topological polar surface area (TPSA) is 3.24 Å². The van der Waals surface area contributed by atoms with Crippen molar-refractivity contribution in [1.82, 2.24) is 0 Å². The van der Waals surface area contributed by atoms with E-state index in [1.165, 1.54) is 92.6 Å². The van der Waals surface area contributed by atoms with E-state index in [1.807, 2.05) is 11.3 Å². The van der Waals surface area contributed by atoms with Crippen LogP contribution in [0.1, 0.15) is 30.9 Å². The van der Waals surface area contributed by atoms with Crippen LogP contribution in [0, 0.1) is 5.92 Å². The van der Waals surface area contributed by atoms with Crippen LogP contribution >= 0.6 is 11.3 Å². The monoisotopic (exact) mass is 771 g/mol. The smallest absolute Gasteiger partial charge is 0.0468 e. The summed E-state index contributed by atoms with van der Waals surface area (Å²) in [5.41, 5.74) is 19.0. The lowest BCUT2D eigenvalue weighted by Crippen LogP contribution is -2.28. The molecule has 2 heteroatoms. The molecule has 59 heavy (non-hydrogen) atoms. The standard InChI is InChI=1S/C57H41NS/c1-57(2)53-24-11-9-20-48(53)49-33-31-39(35-54(49)57)58(37-28-26-36(27-29-37)40-22-13-23-51-50-21-10-12-25-55(50)59-56(40)51)38-30-32-47-45-18-6-5-16-43(45)41-14-3-4-15-42(41)44-17-7-8-19-46(44)52(47)34-38/h3-35,49,54H,1-2H3. The van der Waals surface area contributed by atoms with Gasteiger partial charge in [-0.25, -0.2) is 0 Å². The summed E-state index contributed by atoms with van der Waals surface area (Å²) in [4.78, 5) is 2.50. The molecule has 0 bridgehead atoms. The summed E-state index contributed by atoms with van der Waals surface area (Å²) in [5.74, 6) is 0.691. The van der Waals surface area contributed by atoms with Crippen molar-refractivity contribution in [2.24, 2.45) is 5.92 Å². The van der Waals surface area contributed by atoms with E-state index >= 15 is 0 Å². The predicted molar refractivity (Wildman–Crippen MR) is 252 cm³/mol. The Morgan fingerprint density at radius 1 is 0.475 bits per heavy atom. The maximum atomic E-state index is 2.56. The molecule has 0 N–H and O–H groups in total. The molecular weight excluding hydrogens is 731 g/mol. The van der Waals surface area contributed by atoms with Gasteiger partial charge in [-0.3, -0.25) is 0 Å². The lowest BCUT2D eigenvalue weighted by molar-refractivity contribution is 0.392. The average molecular weight is 772 g/mol. The molecule has 9 aromatic rings. The molecule has 2 unspecified atom stereocenters. The Morgan fingerprint density at radius 2 is 1.02 bits per heavy atom. The zero-order valence-corrected chi connectivity index (χ0v) is 33.9. The number of thiophene rings is 1. The number of fused-ring (bicyclic) bond motifs is 14. The summed E-state index contributed by atoms with van der Waals surface area (Å²) in [6.45, 7) is 4.85. The van der Waals surface area contributed by atoms with Crippen LogP contribution in [0.25, 0.3) is 75.8 Å². The fourth-order valence-electron chi connectivity index (χ4n) is 10.5. The number of hydrogen-bond donors (Lipinski definition) is 0. The molecule has 2 atom stereocenters. The highest BCUT2D eigenvalue weighted by molar-refractivity contribution is 7.26. The molecule has 0 aliphatic heterocycles. The van der Waals surface area contributed by atoms with Gasteiger partial charge in [0.05, 0.1) is 0 Å². The van der Waals surface area contributed by atoms with Gasteiger partial charge in [0.15, 0.2) is 0 Å². The van der Waals surface area contributed by atoms with Crippen molar-refractivity contribution in [2.75, 3.05) is 4.90 Å². The Morgan fingerprint density at radius 3 is 1.71 bits per heavy atom. The van der Waals surface area contributed by atoms with E-state index in [-0.39, 0.29) is 5.41 Å². The molecule has 280 valence electrons. The Kier molecular flexibility index (Phi) is 7.64. The summed E-state index contributed by atoms with van der Waals surface area (Å²) >= 11 is 1.89. The van der Waals surface area contributed by atoms with E-state index in [2.05, 4.69) is 219 Å². The molecule has 0 spiro atoms. The lowest BCUT2D eigenvalue weighted by atomic mass is 9.74. The van der Waals surface area contributed by atoms with Crippen molar-refractivity contribution in [1.29, 1.82) is 0 Å². The second kappa shape index (κ2) is 13.1. The van der Waals surface area contributed by atoms with E-state index in [0.29, 0.717) is 11.8 Å². The fraction of sp³-hybridized carbons (Fsp3) is 0.0877. The molecule has 0 radical (unpaired) electrons. The van der Waals surface area contributed by atoms with Crippen molar-refractivity contribution in [3.63, 3.8) is 0 Å². The van der Waals surface area contributed by atoms with Crippen LogP contribution in [0.4, 0.5) is 11.4 Å². The number of benzene rings is 8.